The number of hydrogen-bond donors (Lipinski definition) is 7. The number of unbranched alkanes of at least 4 members (excludes halogenated alkanes) is 1. The van der Waals surface area contributed by atoms with Crippen LogP contribution in [0.2, 0.25) is 5.02 Å². The molecule has 1 aliphatic heterocycles. The van der Waals surface area contributed by atoms with E-state index in [1.807, 2.05) is 6.92 Å². The van der Waals surface area contributed by atoms with Crippen molar-refractivity contribution in [1.82, 2.24) is 30.9 Å². The van der Waals surface area contributed by atoms with Gasteiger partial charge in [0.2, 0.25) is 23.7 Å². The molecule has 19 nitrogen and oxygen atoms in total. The minimum atomic E-state index is -3.99. The van der Waals surface area contributed by atoms with Crippen LogP contribution < -0.4 is 31.7 Å². The van der Waals surface area contributed by atoms with E-state index in [0.29, 0.717) is 29.8 Å². The van der Waals surface area contributed by atoms with Gasteiger partial charge in [-0.3, -0.25) is 19.4 Å². The van der Waals surface area contributed by atoms with E-state index in [2.05, 4.69) is 31.0 Å². The Bertz CT molecular complexity index is 1990. The summed E-state index contributed by atoms with van der Waals surface area (Å²) in [5.74, 6) is -3.66. The molecule has 61 heavy (non-hydrogen) atoms. The number of halogens is 1. The second-order valence-electron chi connectivity index (χ2n) is 15.4. The van der Waals surface area contributed by atoms with Crippen molar-refractivity contribution in [3.05, 3.63) is 64.7 Å². The van der Waals surface area contributed by atoms with Gasteiger partial charge >= 0.3 is 18.2 Å². The standard InChI is InChI=1S/C40H57ClN8O11S/c1-25-17-19-28(20-18-25)61(57,58)48-37(42)43-22-10-15-30(47-39(56)60-40(3,4)5)35(52)49-23-11-16-32(49)34(51)45-26(2)33(50)46-31(36(53)54)14-8-9-21-44-38(55)59-24-27-12-6-7-13-29(27)41/h6-7,12-13,17-20,26,30-32H,8-11,14-16,21-24H2,1-5H3,(H,44,55)(H,45,51)(H,46,50)(H,47,56)(H,53,54)(H3,42,43,48)/t26-,30-,31-,32-/m0/s1. The SMILES string of the molecule is Cc1ccc(S(=O)(=O)NC(N)=NCCC[C@H](NC(=O)OC(C)(C)C)C(=O)N2CCC[C@H]2C(=O)N[C@@H](C)C(=O)N[C@@H](CCCCNC(=O)OCc2ccccc2Cl)C(=O)O)cc1. The number of ether oxygens (including phenoxy) is 2. The molecule has 0 aliphatic carbocycles. The van der Waals surface area contributed by atoms with E-state index < -0.39 is 75.7 Å². The van der Waals surface area contributed by atoms with Gasteiger partial charge in [-0.1, -0.05) is 47.5 Å². The number of nitrogens with two attached hydrogens (primary N) is 1. The summed E-state index contributed by atoms with van der Waals surface area (Å²) in [7, 11) is -3.99. The number of benzene rings is 2. The lowest BCUT2D eigenvalue weighted by molar-refractivity contribution is -0.143. The molecule has 4 atom stereocenters. The number of amides is 5. The fourth-order valence-electron chi connectivity index (χ4n) is 6.05. The number of nitrogens with one attached hydrogen (secondary N) is 5. The number of aryl methyl sites for hydroxylation is 1. The maximum absolute atomic E-state index is 13.9. The van der Waals surface area contributed by atoms with Crippen molar-refractivity contribution < 1.29 is 51.8 Å². The minimum Gasteiger partial charge on any atom is -0.480 e. The average molecular weight is 893 g/mol. The summed E-state index contributed by atoms with van der Waals surface area (Å²) in [5, 5.41) is 20.4. The molecule has 21 heteroatoms. The van der Waals surface area contributed by atoms with E-state index in [4.69, 9.17) is 26.8 Å². The van der Waals surface area contributed by atoms with Crippen molar-refractivity contribution in [3.63, 3.8) is 0 Å². The molecular weight excluding hydrogens is 836 g/mol. The summed E-state index contributed by atoms with van der Waals surface area (Å²) in [6, 6.07) is 8.42. The number of likely N-dealkylation sites (tertiary alicyclic amines) is 1. The maximum Gasteiger partial charge on any atom is 0.408 e. The third kappa shape index (κ3) is 17.1. The molecule has 0 bridgehead atoms. The van der Waals surface area contributed by atoms with Crippen molar-refractivity contribution in [3.8, 4) is 0 Å². The Hall–Kier alpha value is -5.63. The largest absolute Gasteiger partial charge is 0.480 e. The van der Waals surface area contributed by atoms with E-state index in [9.17, 15) is 42.3 Å². The molecular formula is C40H57ClN8O11S. The molecule has 1 fully saturated rings. The van der Waals surface area contributed by atoms with Crippen LogP contribution in [0.25, 0.3) is 0 Å². The summed E-state index contributed by atoms with van der Waals surface area (Å²) in [6.45, 7) is 8.48. The number of aliphatic carboxylic acids is 1. The van der Waals surface area contributed by atoms with Crippen LogP contribution in [0.1, 0.15) is 83.8 Å². The molecule has 5 amide bonds. The molecule has 1 saturated heterocycles. The number of guanidine groups is 1. The molecule has 0 spiro atoms. The first-order valence-corrected chi connectivity index (χ1v) is 21.7. The van der Waals surface area contributed by atoms with E-state index in [0.717, 1.165) is 5.56 Å². The number of carboxylic acids is 1. The van der Waals surface area contributed by atoms with Gasteiger partial charge in [0.1, 0.15) is 36.4 Å². The molecule has 0 radical (unpaired) electrons. The number of hydrogen-bond acceptors (Lipinski definition) is 11. The zero-order chi connectivity index (χ0) is 45.3. The maximum atomic E-state index is 13.9. The van der Waals surface area contributed by atoms with Gasteiger partial charge in [0, 0.05) is 30.2 Å². The van der Waals surface area contributed by atoms with E-state index in [1.54, 1.807) is 57.2 Å². The number of sulfonamides is 1. The first-order chi connectivity index (χ1) is 28.7. The quantitative estimate of drug-likeness (QED) is 0.0574. The molecule has 3 rings (SSSR count). The molecule has 2 aromatic rings. The van der Waals surface area contributed by atoms with Crippen molar-refractivity contribution in [2.45, 2.75) is 121 Å². The molecule has 1 aliphatic rings. The molecule has 0 unspecified atom stereocenters. The molecule has 8 N–H and O–H groups in total. The normalized spacial score (nSPS) is 15.7. The summed E-state index contributed by atoms with van der Waals surface area (Å²) in [5.41, 5.74) is 6.48. The van der Waals surface area contributed by atoms with Gasteiger partial charge in [-0.25, -0.2) is 27.5 Å². The Morgan fingerprint density at radius 2 is 1.62 bits per heavy atom. The van der Waals surface area contributed by atoms with Crippen molar-refractivity contribution in [2.24, 2.45) is 10.7 Å². The molecule has 0 aromatic heterocycles. The number of carbonyl (C=O) groups excluding carboxylic acids is 5. The van der Waals surface area contributed by atoms with Crippen LogP contribution in [0.3, 0.4) is 0 Å². The van der Waals surface area contributed by atoms with Crippen LogP contribution in [-0.4, -0.2) is 110 Å². The molecule has 0 saturated carbocycles. The third-order valence-corrected chi connectivity index (χ3v) is 10.9. The zero-order valence-corrected chi connectivity index (χ0v) is 36.6. The van der Waals surface area contributed by atoms with Crippen LogP contribution in [-0.2, 0) is 45.3 Å². The highest BCUT2D eigenvalue weighted by molar-refractivity contribution is 7.90. The fourth-order valence-corrected chi connectivity index (χ4v) is 7.20. The summed E-state index contributed by atoms with van der Waals surface area (Å²) in [4.78, 5) is 82.6. The first-order valence-electron chi connectivity index (χ1n) is 19.8. The van der Waals surface area contributed by atoms with Crippen molar-refractivity contribution in [2.75, 3.05) is 19.6 Å². The van der Waals surface area contributed by atoms with Gasteiger partial charge in [-0.15, -0.1) is 0 Å². The van der Waals surface area contributed by atoms with Crippen LogP contribution in [0, 0.1) is 6.92 Å². The summed E-state index contributed by atoms with van der Waals surface area (Å²) < 4.78 is 38.1. The Morgan fingerprint density at radius 1 is 0.951 bits per heavy atom. The third-order valence-electron chi connectivity index (χ3n) is 9.20. The van der Waals surface area contributed by atoms with Gasteiger partial charge < -0.3 is 46.5 Å². The average Bonchev–Trinajstić information content (AvgIpc) is 3.67. The Morgan fingerprint density at radius 3 is 2.28 bits per heavy atom. The highest BCUT2D eigenvalue weighted by Gasteiger charge is 2.39. The second-order valence-corrected chi connectivity index (χ2v) is 17.5. The summed E-state index contributed by atoms with van der Waals surface area (Å²) >= 11 is 6.07. The lowest BCUT2D eigenvalue weighted by Gasteiger charge is -2.30. The Kier molecular flexibility index (Phi) is 19.1. The highest BCUT2D eigenvalue weighted by atomic mass is 35.5. The Labute approximate surface area is 360 Å². The molecule has 2 aromatic carbocycles. The van der Waals surface area contributed by atoms with E-state index >= 15 is 0 Å². The van der Waals surface area contributed by atoms with Gasteiger partial charge in [0.15, 0.2) is 0 Å². The first kappa shape index (κ1) is 49.7. The number of nitrogens with zero attached hydrogens (tertiary/aromatic N) is 2. The number of rotatable bonds is 20. The van der Waals surface area contributed by atoms with Gasteiger partial charge in [0.25, 0.3) is 10.0 Å². The van der Waals surface area contributed by atoms with Crippen molar-refractivity contribution >= 4 is 63.5 Å². The monoisotopic (exact) mass is 892 g/mol. The predicted molar refractivity (Wildman–Crippen MR) is 226 cm³/mol. The highest BCUT2D eigenvalue weighted by Crippen LogP contribution is 2.21. The number of aliphatic imine (C=N–C) groups is 1. The number of carbonyl (C=O) groups is 6. The lowest BCUT2D eigenvalue weighted by atomic mass is 10.1. The van der Waals surface area contributed by atoms with Crippen LogP contribution in [0.5, 0.6) is 0 Å². The van der Waals surface area contributed by atoms with Crippen LogP contribution in [0.4, 0.5) is 9.59 Å². The summed E-state index contributed by atoms with van der Waals surface area (Å²) in [6.07, 6.45) is 0.0972. The van der Waals surface area contributed by atoms with Crippen molar-refractivity contribution in [1.29, 1.82) is 0 Å². The van der Waals surface area contributed by atoms with Gasteiger partial charge in [-0.2, -0.15) is 0 Å². The molecule has 336 valence electrons. The van der Waals surface area contributed by atoms with Gasteiger partial charge in [0.05, 0.1) is 4.90 Å². The van der Waals surface area contributed by atoms with Gasteiger partial charge in [-0.05, 0) is 97.8 Å². The van der Waals surface area contributed by atoms with E-state index in [-0.39, 0.29) is 62.8 Å². The molecule has 1 heterocycles. The van der Waals surface area contributed by atoms with E-state index in [1.165, 1.54) is 24.0 Å². The zero-order valence-electron chi connectivity index (χ0n) is 35.0. The number of carboxylic acid groups (broad SMARTS) is 1. The Balaban J connectivity index is 1.53. The topological polar surface area (TPSA) is 277 Å². The predicted octanol–water partition coefficient (Wildman–Crippen LogP) is 3.08. The second kappa shape index (κ2) is 23.4. The minimum absolute atomic E-state index is 0.00318. The smallest absolute Gasteiger partial charge is 0.408 e. The number of alkyl carbamates (subject to hydrolysis) is 2. The lowest BCUT2D eigenvalue weighted by Crippen LogP contribution is -2.56. The van der Waals surface area contributed by atoms with Crippen LogP contribution >= 0.6 is 11.6 Å². The van der Waals surface area contributed by atoms with Crippen LogP contribution in [0.15, 0.2) is 58.4 Å². The fraction of sp³-hybridized carbons (Fsp3) is 0.525.